The normalized spacial score (nSPS) is 12.0. The summed E-state index contributed by atoms with van der Waals surface area (Å²) in [4.78, 5) is 12.4. The Hall–Kier alpha value is -2.22. The zero-order valence-corrected chi connectivity index (χ0v) is 13.6. The minimum atomic E-state index is -0.510. The van der Waals surface area contributed by atoms with E-state index in [4.69, 9.17) is 10.5 Å². The third-order valence-corrected chi connectivity index (χ3v) is 3.72. The number of hydrogen-bond acceptors (Lipinski definition) is 6. The number of carbonyl (C=O) groups is 1. The van der Waals surface area contributed by atoms with Crippen molar-refractivity contribution in [2.24, 2.45) is 0 Å². The molecule has 0 spiro atoms. The molecule has 3 N–H and O–H groups in total. The van der Waals surface area contributed by atoms with Gasteiger partial charge in [0.05, 0.1) is 6.61 Å². The van der Waals surface area contributed by atoms with Crippen molar-refractivity contribution in [3.05, 3.63) is 24.3 Å². The Balaban J connectivity index is 2.09. The van der Waals surface area contributed by atoms with Gasteiger partial charge in [-0.1, -0.05) is 11.8 Å². The van der Waals surface area contributed by atoms with Crippen LogP contribution in [0.4, 0.5) is 11.6 Å². The molecule has 0 saturated heterocycles. The van der Waals surface area contributed by atoms with Crippen LogP contribution in [-0.2, 0) is 4.79 Å². The third kappa shape index (κ3) is 3.51. The van der Waals surface area contributed by atoms with E-state index in [0.717, 1.165) is 5.75 Å². The number of amides is 1. The van der Waals surface area contributed by atoms with Crippen molar-refractivity contribution < 1.29 is 9.53 Å². The van der Waals surface area contributed by atoms with E-state index in [0.29, 0.717) is 17.5 Å². The summed E-state index contributed by atoms with van der Waals surface area (Å²) in [6.07, 6.45) is 1.86. The van der Waals surface area contributed by atoms with Crippen molar-refractivity contribution >= 4 is 29.3 Å². The number of rotatable bonds is 6. The first-order valence-electron chi connectivity index (χ1n) is 6.85. The SMILES string of the molecule is CCOc1ccc(NC(=O)[C@H](C)n2c(N)nnc2SC)cc1. The number of nitrogens with one attached hydrogen (secondary N) is 1. The fraction of sp³-hybridized carbons (Fsp3) is 0.357. The summed E-state index contributed by atoms with van der Waals surface area (Å²) in [5, 5.41) is 11.2. The molecule has 0 radical (unpaired) electrons. The number of benzene rings is 1. The van der Waals surface area contributed by atoms with Crippen LogP contribution in [0.15, 0.2) is 29.4 Å². The zero-order valence-electron chi connectivity index (χ0n) is 12.7. The van der Waals surface area contributed by atoms with Gasteiger partial charge in [0.15, 0.2) is 5.16 Å². The maximum absolute atomic E-state index is 12.4. The van der Waals surface area contributed by atoms with Gasteiger partial charge in [0.2, 0.25) is 11.9 Å². The minimum Gasteiger partial charge on any atom is -0.494 e. The van der Waals surface area contributed by atoms with Crippen molar-refractivity contribution in [3.63, 3.8) is 0 Å². The Labute approximate surface area is 133 Å². The first-order valence-corrected chi connectivity index (χ1v) is 8.07. The fourth-order valence-electron chi connectivity index (χ4n) is 1.96. The lowest BCUT2D eigenvalue weighted by molar-refractivity contribution is -0.118. The Kier molecular flexibility index (Phi) is 5.26. The van der Waals surface area contributed by atoms with Crippen LogP contribution < -0.4 is 15.8 Å². The van der Waals surface area contributed by atoms with E-state index in [1.54, 1.807) is 23.6 Å². The van der Waals surface area contributed by atoms with Gasteiger partial charge in [-0.2, -0.15) is 0 Å². The summed E-state index contributed by atoms with van der Waals surface area (Å²) in [5.74, 6) is 0.797. The number of nitrogens with zero attached hydrogens (tertiary/aromatic N) is 3. The number of nitrogen functional groups attached to an aromatic ring is 1. The predicted octanol–water partition coefficient (Wildman–Crippen LogP) is 2.18. The molecule has 1 aromatic heterocycles. The molecular formula is C14H19N5O2S. The van der Waals surface area contributed by atoms with E-state index < -0.39 is 6.04 Å². The topological polar surface area (TPSA) is 95.1 Å². The second-order valence-electron chi connectivity index (χ2n) is 4.54. The molecule has 1 amide bonds. The lowest BCUT2D eigenvalue weighted by atomic mass is 10.2. The van der Waals surface area contributed by atoms with Crippen LogP contribution in [0.1, 0.15) is 19.9 Å². The number of carbonyl (C=O) groups excluding carboxylic acids is 1. The summed E-state index contributed by atoms with van der Waals surface area (Å²) < 4.78 is 6.97. The number of ether oxygens (including phenoxy) is 1. The number of anilines is 2. The number of aromatic nitrogens is 3. The van der Waals surface area contributed by atoms with Crippen molar-refractivity contribution in [2.75, 3.05) is 23.9 Å². The molecule has 0 aliphatic heterocycles. The molecule has 0 aliphatic rings. The van der Waals surface area contributed by atoms with E-state index >= 15 is 0 Å². The molecule has 2 aromatic rings. The zero-order chi connectivity index (χ0) is 16.1. The summed E-state index contributed by atoms with van der Waals surface area (Å²) in [5.41, 5.74) is 6.47. The maximum Gasteiger partial charge on any atom is 0.247 e. The van der Waals surface area contributed by atoms with Crippen LogP contribution in [0.5, 0.6) is 5.75 Å². The van der Waals surface area contributed by atoms with Gasteiger partial charge >= 0.3 is 0 Å². The van der Waals surface area contributed by atoms with Crippen molar-refractivity contribution in [2.45, 2.75) is 25.0 Å². The van der Waals surface area contributed by atoms with Gasteiger partial charge in [-0.15, -0.1) is 10.2 Å². The van der Waals surface area contributed by atoms with Gasteiger partial charge in [-0.05, 0) is 44.4 Å². The second kappa shape index (κ2) is 7.17. The molecule has 0 aliphatic carbocycles. The highest BCUT2D eigenvalue weighted by atomic mass is 32.2. The highest BCUT2D eigenvalue weighted by Crippen LogP contribution is 2.22. The number of hydrogen-bond donors (Lipinski definition) is 2. The standard InChI is InChI=1S/C14H19N5O2S/c1-4-21-11-7-5-10(6-8-11)16-12(20)9(2)19-13(15)17-18-14(19)22-3/h5-9H,4H2,1-3H3,(H2,15,17)(H,16,20)/t9-/m0/s1. The molecule has 0 unspecified atom stereocenters. The van der Waals surface area contributed by atoms with E-state index in [9.17, 15) is 4.79 Å². The average molecular weight is 321 g/mol. The predicted molar refractivity (Wildman–Crippen MR) is 87.2 cm³/mol. The average Bonchev–Trinajstić information content (AvgIpc) is 2.89. The first-order chi connectivity index (χ1) is 10.6. The largest absolute Gasteiger partial charge is 0.494 e. The van der Waals surface area contributed by atoms with Crippen LogP contribution in [-0.4, -0.2) is 33.5 Å². The summed E-state index contributed by atoms with van der Waals surface area (Å²) in [6.45, 7) is 4.28. The highest BCUT2D eigenvalue weighted by molar-refractivity contribution is 7.98. The van der Waals surface area contributed by atoms with Crippen molar-refractivity contribution in [1.29, 1.82) is 0 Å². The van der Waals surface area contributed by atoms with Crippen LogP contribution in [0, 0.1) is 0 Å². The number of nitrogens with two attached hydrogens (primary N) is 1. The van der Waals surface area contributed by atoms with Gasteiger partial charge in [0, 0.05) is 5.69 Å². The Morgan fingerprint density at radius 2 is 2.09 bits per heavy atom. The van der Waals surface area contributed by atoms with E-state index in [1.807, 2.05) is 25.3 Å². The van der Waals surface area contributed by atoms with Crippen molar-refractivity contribution in [1.82, 2.24) is 14.8 Å². The van der Waals surface area contributed by atoms with Crippen LogP contribution >= 0.6 is 11.8 Å². The molecule has 1 aromatic carbocycles. The number of thioether (sulfide) groups is 1. The summed E-state index contributed by atoms with van der Waals surface area (Å²) >= 11 is 1.39. The molecule has 0 fully saturated rings. The Morgan fingerprint density at radius 3 is 2.68 bits per heavy atom. The molecule has 1 atom stereocenters. The van der Waals surface area contributed by atoms with Crippen molar-refractivity contribution in [3.8, 4) is 5.75 Å². The molecule has 22 heavy (non-hydrogen) atoms. The molecule has 118 valence electrons. The van der Waals surface area contributed by atoms with Gasteiger partial charge in [-0.3, -0.25) is 9.36 Å². The summed E-state index contributed by atoms with van der Waals surface area (Å²) in [7, 11) is 0. The van der Waals surface area contributed by atoms with Gasteiger partial charge in [0.25, 0.3) is 0 Å². The maximum atomic E-state index is 12.4. The second-order valence-corrected chi connectivity index (χ2v) is 5.31. The monoisotopic (exact) mass is 321 g/mol. The molecule has 1 heterocycles. The molecule has 7 nitrogen and oxygen atoms in total. The molecule has 8 heteroatoms. The van der Waals surface area contributed by atoms with Gasteiger partial charge < -0.3 is 15.8 Å². The van der Waals surface area contributed by atoms with Gasteiger partial charge in [-0.25, -0.2) is 0 Å². The highest BCUT2D eigenvalue weighted by Gasteiger charge is 2.21. The fourth-order valence-corrected chi connectivity index (χ4v) is 2.53. The van der Waals surface area contributed by atoms with E-state index in [1.165, 1.54) is 11.8 Å². The molecular weight excluding hydrogens is 302 g/mol. The van der Waals surface area contributed by atoms with Gasteiger partial charge in [0.1, 0.15) is 11.8 Å². The van der Waals surface area contributed by atoms with Crippen LogP contribution in [0.25, 0.3) is 0 Å². The van der Waals surface area contributed by atoms with E-state index in [-0.39, 0.29) is 11.9 Å². The lowest BCUT2D eigenvalue weighted by Gasteiger charge is -2.16. The van der Waals surface area contributed by atoms with Crippen LogP contribution in [0.3, 0.4) is 0 Å². The van der Waals surface area contributed by atoms with E-state index in [2.05, 4.69) is 15.5 Å². The smallest absolute Gasteiger partial charge is 0.247 e. The Morgan fingerprint density at radius 1 is 1.41 bits per heavy atom. The lowest BCUT2D eigenvalue weighted by Crippen LogP contribution is -2.25. The molecule has 0 bridgehead atoms. The quantitative estimate of drug-likeness (QED) is 0.792. The van der Waals surface area contributed by atoms with Crippen LogP contribution in [0.2, 0.25) is 0 Å². The Bertz CT molecular complexity index is 641. The minimum absolute atomic E-state index is 0.189. The third-order valence-electron chi connectivity index (χ3n) is 3.07. The first kappa shape index (κ1) is 16.2. The molecule has 0 saturated carbocycles. The summed E-state index contributed by atoms with van der Waals surface area (Å²) in [6, 6.07) is 6.69. The molecule has 2 rings (SSSR count).